The number of nitriles is 1. The van der Waals surface area contributed by atoms with Gasteiger partial charge in [0, 0.05) is 24.8 Å². The van der Waals surface area contributed by atoms with Gasteiger partial charge in [-0.2, -0.15) is 5.26 Å². The summed E-state index contributed by atoms with van der Waals surface area (Å²) in [7, 11) is 1.39. The first kappa shape index (κ1) is 13.7. The molecule has 1 aliphatic carbocycles. The van der Waals surface area contributed by atoms with Gasteiger partial charge in [0.15, 0.2) is 0 Å². The Bertz CT molecular complexity index is 608. The van der Waals surface area contributed by atoms with E-state index in [1.807, 2.05) is 6.07 Å². The van der Waals surface area contributed by atoms with Gasteiger partial charge >= 0.3 is 6.09 Å². The number of anilines is 1. The van der Waals surface area contributed by atoms with Crippen LogP contribution in [0.25, 0.3) is 0 Å². The molecule has 1 N–H and O–H groups in total. The first-order valence-corrected chi connectivity index (χ1v) is 7.23. The lowest BCUT2D eigenvalue weighted by Crippen LogP contribution is -2.31. The van der Waals surface area contributed by atoms with E-state index < -0.39 is 0 Å². The molecule has 2 aliphatic rings. The van der Waals surface area contributed by atoms with Crippen molar-refractivity contribution < 1.29 is 9.53 Å². The number of likely N-dealkylation sites (tertiary alicyclic amines) is 1. The number of amides is 1. The van der Waals surface area contributed by atoms with Crippen molar-refractivity contribution >= 4 is 11.9 Å². The average Bonchev–Trinajstić information content (AvgIpc) is 3.14. The van der Waals surface area contributed by atoms with E-state index in [1.165, 1.54) is 12.7 Å². The molecule has 1 atom stereocenters. The van der Waals surface area contributed by atoms with Crippen LogP contribution in [0, 0.1) is 11.3 Å². The maximum absolute atomic E-state index is 11.5. The summed E-state index contributed by atoms with van der Waals surface area (Å²) in [6, 6.07) is 4.28. The molecule has 0 aromatic carbocycles. The third-order valence-corrected chi connectivity index (χ3v) is 4.13. The number of nitrogens with zero attached hydrogens (tertiary/aromatic N) is 3. The van der Waals surface area contributed by atoms with Crippen LogP contribution < -0.4 is 5.32 Å². The molecule has 110 valence electrons. The molecule has 1 aromatic rings. The lowest BCUT2D eigenvalue weighted by atomic mass is 10.1. The third-order valence-electron chi connectivity index (χ3n) is 4.13. The largest absolute Gasteiger partial charge is 0.453 e. The van der Waals surface area contributed by atoms with Crippen LogP contribution in [0.15, 0.2) is 6.07 Å². The van der Waals surface area contributed by atoms with Gasteiger partial charge < -0.3 is 15.0 Å². The number of ether oxygens (including phenoxy) is 1. The summed E-state index contributed by atoms with van der Waals surface area (Å²) < 4.78 is 4.73. The Morgan fingerprint density at radius 2 is 2.43 bits per heavy atom. The third kappa shape index (κ3) is 2.64. The predicted molar refractivity (Wildman–Crippen MR) is 77.0 cm³/mol. The Kier molecular flexibility index (Phi) is 3.65. The minimum atomic E-state index is -0.304. The molecule has 1 aromatic heterocycles. The van der Waals surface area contributed by atoms with Crippen LogP contribution in [0.1, 0.15) is 29.7 Å². The molecule has 6 heteroatoms. The molecular formula is C15H18N4O2. The highest BCUT2D eigenvalue weighted by molar-refractivity contribution is 5.68. The molecular weight excluding hydrogens is 268 g/mol. The Balaban J connectivity index is 1.74. The normalized spacial score (nSPS) is 20.0. The van der Waals surface area contributed by atoms with Crippen LogP contribution in [0.5, 0.6) is 0 Å². The second kappa shape index (κ2) is 5.60. The number of methoxy groups -OCH3 is 1. The summed E-state index contributed by atoms with van der Waals surface area (Å²) >= 11 is 0. The number of hydrogen-bond donors (Lipinski definition) is 1. The first-order valence-electron chi connectivity index (χ1n) is 7.23. The van der Waals surface area contributed by atoms with E-state index in [9.17, 15) is 10.1 Å². The molecule has 1 amide bonds. The highest BCUT2D eigenvalue weighted by Crippen LogP contribution is 2.26. The molecule has 1 aliphatic heterocycles. The smallest absolute Gasteiger partial charge is 0.409 e. The number of pyridine rings is 1. The van der Waals surface area contributed by atoms with Crippen LogP contribution in [0.2, 0.25) is 0 Å². The van der Waals surface area contributed by atoms with Gasteiger partial charge in [0.2, 0.25) is 0 Å². The van der Waals surface area contributed by atoms with Crippen molar-refractivity contribution in [2.45, 2.75) is 31.7 Å². The molecule has 1 saturated heterocycles. The molecule has 0 bridgehead atoms. The Hall–Kier alpha value is -2.29. The molecule has 3 rings (SSSR count). The standard InChI is InChI=1S/C15H18N4O2/c1-21-15(20)19-6-5-12(9-19)17-14-11(8-16)7-10-3-2-4-13(10)18-14/h7,12H,2-6,9H2,1H3,(H,17,18)/t12-/m0/s1. The second-order valence-corrected chi connectivity index (χ2v) is 5.50. The van der Waals surface area contributed by atoms with E-state index in [4.69, 9.17) is 4.74 Å². The molecule has 0 unspecified atom stereocenters. The minimum Gasteiger partial charge on any atom is -0.453 e. The van der Waals surface area contributed by atoms with Crippen molar-refractivity contribution in [3.8, 4) is 6.07 Å². The lowest BCUT2D eigenvalue weighted by molar-refractivity contribution is 0.133. The van der Waals surface area contributed by atoms with Crippen LogP contribution in [0.4, 0.5) is 10.6 Å². The Morgan fingerprint density at radius 1 is 1.57 bits per heavy atom. The fraction of sp³-hybridized carbons (Fsp3) is 0.533. The van der Waals surface area contributed by atoms with Crippen LogP contribution >= 0.6 is 0 Å². The van der Waals surface area contributed by atoms with E-state index in [-0.39, 0.29) is 12.1 Å². The molecule has 0 radical (unpaired) electrons. The van der Waals surface area contributed by atoms with Crippen molar-refractivity contribution in [2.75, 3.05) is 25.5 Å². The SMILES string of the molecule is COC(=O)N1CC[C@H](Nc2nc3c(cc2C#N)CCC3)C1. The lowest BCUT2D eigenvalue weighted by Gasteiger charge is -2.17. The first-order chi connectivity index (χ1) is 10.2. The Morgan fingerprint density at radius 3 is 3.19 bits per heavy atom. The summed E-state index contributed by atoms with van der Waals surface area (Å²) in [6.45, 7) is 1.24. The monoisotopic (exact) mass is 286 g/mol. The number of fused-ring (bicyclic) bond motifs is 1. The highest BCUT2D eigenvalue weighted by Gasteiger charge is 2.28. The number of aryl methyl sites for hydroxylation is 2. The fourth-order valence-corrected chi connectivity index (χ4v) is 3.03. The van der Waals surface area contributed by atoms with Gasteiger partial charge in [0.1, 0.15) is 11.9 Å². The van der Waals surface area contributed by atoms with E-state index in [0.29, 0.717) is 24.5 Å². The van der Waals surface area contributed by atoms with Crippen LogP contribution in [0.3, 0.4) is 0 Å². The van der Waals surface area contributed by atoms with Crippen molar-refractivity contribution in [3.63, 3.8) is 0 Å². The van der Waals surface area contributed by atoms with Gasteiger partial charge in [-0.05, 0) is 37.3 Å². The zero-order chi connectivity index (χ0) is 14.8. The van der Waals surface area contributed by atoms with E-state index >= 15 is 0 Å². The number of aromatic nitrogens is 1. The average molecular weight is 286 g/mol. The van der Waals surface area contributed by atoms with E-state index in [2.05, 4.69) is 16.4 Å². The quantitative estimate of drug-likeness (QED) is 0.895. The maximum atomic E-state index is 11.5. The fourth-order valence-electron chi connectivity index (χ4n) is 3.03. The van der Waals surface area contributed by atoms with Crippen LogP contribution in [-0.4, -0.2) is 42.2 Å². The maximum Gasteiger partial charge on any atom is 0.409 e. The Labute approximate surface area is 123 Å². The molecule has 1 fully saturated rings. The van der Waals surface area contributed by atoms with Gasteiger partial charge in [-0.25, -0.2) is 9.78 Å². The van der Waals surface area contributed by atoms with Crippen LogP contribution in [-0.2, 0) is 17.6 Å². The molecule has 21 heavy (non-hydrogen) atoms. The molecule has 2 heterocycles. The number of hydrogen-bond acceptors (Lipinski definition) is 5. The summed E-state index contributed by atoms with van der Waals surface area (Å²) in [5, 5.41) is 12.6. The second-order valence-electron chi connectivity index (χ2n) is 5.50. The van der Waals surface area contributed by atoms with E-state index in [0.717, 1.165) is 31.4 Å². The number of carbonyl (C=O) groups is 1. The molecule has 0 spiro atoms. The number of nitrogens with one attached hydrogen (secondary N) is 1. The number of carbonyl (C=O) groups excluding carboxylic acids is 1. The number of rotatable bonds is 2. The van der Waals surface area contributed by atoms with Gasteiger partial charge in [-0.3, -0.25) is 0 Å². The summed E-state index contributed by atoms with van der Waals surface area (Å²) in [4.78, 5) is 17.8. The van der Waals surface area contributed by atoms with Crippen molar-refractivity contribution in [3.05, 3.63) is 22.9 Å². The summed E-state index contributed by atoms with van der Waals surface area (Å²) in [5.74, 6) is 0.648. The topological polar surface area (TPSA) is 78.2 Å². The summed E-state index contributed by atoms with van der Waals surface area (Å²) in [5.41, 5.74) is 2.88. The summed E-state index contributed by atoms with van der Waals surface area (Å²) in [6.07, 6.45) is 3.63. The van der Waals surface area contributed by atoms with Gasteiger partial charge in [0.05, 0.1) is 12.7 Å². The highest BCUT2D eigenvalue weighted by atomic mass is 16.5. The minimum absolute atomic E-state index is 0.114. The molecule has 0 saturated carbocycles. The zero-order valence-corrected chi connectivity index (χ0v) is 12.1. The van der Waals surface area contributed by atoms with Crippen molar-refractivity contribution in [2.24, 2.45) is 0 Å². The van der Waals surface area contributed by atoms with Gasteiger partial charge in [-0.15, -0.1) is 0 Å². The van der Waals surface area contributed by atoms with Crippen molar-refractivity contribution in [1.29, 1.82) is 5.26 Å². The van der Waals surface area contributed by atoms with Gasteiger partial charge in [0.25, 0.3) is 0 Å². The zero-order valence-electron chi connectivity index (χ0n) is 12.1. The predicted octanol–water partition coefficient (Wildman–Crippen LogP) is 1.69. The van der Waals surface area contributed by atoms with Crippen molar-refractivity contribution in [1.82, 2.24) is 9.88 Å². The van der Waals surface area contributed by atoms with Gasteiger partial charge in [-0.1, -0.05) is 0 Å². The van der Waals surface area contributed by atoms with E-state index in [1.54, 1.807) is 4.90 Å². The molecule has 6 nitrogen and oxygen atoms in total.